The van der Waals surface area contributed by atoms with Crippen LogP contribution in [0.5, 0.6) is 0 Å². The average molecular weight is 244 g/mol. The number of anilines is 1. The van der Waals surface area contributed by atoms with Crippen molar-refractivity contribution in [2.45, 2.75) is 32.7 Å². The maximum Gasteiger partial charge on any atom is 0.127 e. The number of nitrogens with zero attached hydrogens (tertiary/aromatic N) is 2. The van der Waals surface area contributed by atoms with Gasteiger partial charge in [0.05, 0.1) is 11.4 Å². The van der Waals surface area contributed by atoms with Crippen LogP contribution >= 0.6 is 0 Å². The molecule has 0 aliphatic heterocycles. The van der Waals surface area contributed by atoms with Gasteiger partial charge in [-0.25, -0.2) is 4.68 Å². The van der Waals surface area contributed by atoms with E-state index in [9.17, 15) is 0 Å². The maximum atomic E-state index is 6.03. The van der Waals surface area contributed by atoms with E-state index in [2.05, 4.69) is 12.0 Å². The molecule has 4 nitrogen and oxygen atoms in total. The first-order valence-corrected chi connectivity index (χ1v) is 6.39. The van der Waals surface area contributed by atoms with Crippen LogP contribution in [0.1, 0.15) is 31.0 Å². The fourth-order valence-electron chi connectivity index (χ4n) is 2.01. The Labute approximate surface area is 108 Å². The molecule has 0 aliphatic rings. The number of hydrogen-bond donors (Lipinski definition) is 2. The minimum absolute atomic E-state index is 0.486. The molecule has 0 spiro atoms. The average Bonchev–Trinajstić information content (AvgIpc) is 2.77. The van der Waals surface area contributed by atoms with E-state index in [4.69, 9.17) is 11.5 Å². The predicted molar refractivity (Wildman–Crippen MR) is 74.5 cm³/mol. The number of benzene rings is 1. The zero-order valence-electron chi connectivity index (χ0n) is 10.8. The molecule has 4 heteroatoms. The summed E-state index contributed by atoms with van der Waals surface area (Å²) in [5.41, 5.74) is 14.8. The van der Waals surface area contributed by atoms with Crippen molar-refractivity contribution >= 4 is 5.82 Å². The quantitative estimate of drug-likeness (QED) is 0.847. The Balaban J connectivity index is 2.35. The van der Waals surface area contributed by atoms with Crippen molar-refractivity contribution < 1.29 is 0 Å². The lowest BCUT2D eigenvalue weighted by atomic mass is 10.2. The summed E-state index contributed by atoms with van der Waals surface area (Å²) in [4.78, 5) is 0. The molecule has 2 rings (SSSR count). The molecule has 0 atom stereocenters. The van der Waals surface area contributed by atoms with Crippen molar-refractivity contribution in [3.63, 3.8) is 0 Å². The molecule has 2 aromatic rings. The number of rotatable bonds is 5. The van der Waals surface area contributed by atoms with Crippen LogP contribution in [0.3, 0.4) is 0 Å². The van der Waals surface area contributed by atoms with E-state index in [1.54, 1.807) is 4.68 Å². The smallest absolute Gasteiger partial charge is 0.127 e. The van der Waals surface area contributed by atoms with E-state index in [0.717, 1.165) is 36.2 Å². The minimum atomic E-state index is 0.486. The van der Waals surface area contributed by atoms with Gasteiger partial charge in [-0.05, 0) is 24.5 Å². The molecule has 96 valence electrons. The molecule has 1 aromatic carbocycles. The third kappa shape index (κ3) is 2.54. The van der Waals surface area contributed by atoms with Gasteiger partial charge in [-0.2, -0.15) is 5.10 Å². The topological polar surface area (TPSA) is 69.9 Å². The van der Waals surface area contributed by atoms with Gasteiger partial charge in [0.25, 0.3) is 0 Å². The van der Waals surface area contributed by atoms with E-state index < -0.39 is 0 Å². The van der Waals surface area contributed by atoms with Gasteiger partial charge in [0.1, 0.15) is 5.82 Å². The Morgan fingerprint density at radius 1 is 1.28 bits per heavy atom. The van der Waals surface area contributed by atoms with Gasteiger partial charge in [-0.15, -0.1) is 0 Å². The van der Waals surface area contributed by atoms with Crippen LogP contribution in [0.4, 0.5) is 5.82 Å². The Kier molecular flexibility index (Phi) is 3.99. The first kappa shape index (κ1) is 12.6. The van der Waals surface area contributed by atoms with Crippen LogP contribution in [0.25, 0.3) is 5.69 Å². The lowest BCUT2D eigenvalue weighted by Crippen LogP contribution is -2.08. The second-order valence-corrected chi connectivity index (χ2v) is 4.41. The van der Waals surface area contributed by atoms with Gasteiger partial charge in [-0.3, -0.25) is 0 Å². The normalized spacial score (nSPS) is 10.8. The molecule has 0 saturated carbocycles. The summed E-state index contributed by atoms with van der Waals surface area (Å²) in [6.45, 7) is 2.66. The largest absolute Gasteiger partial charge is 0.384 e. The molecule has 0 radical (unpaired) electrons. The van der Waals surface area contributed by atoms with Crippen molar-refractivity contribution in [3.05, 3.63) is 41.6 Å². The van der Waals surface area contributed by atoms with Crippen molar-refractivity contribution in [2.24, 2.45) is 5.73 Å². The maximum absolute atomic E-state index is 6.03. The van der Waals surface area contributed by atoms with E-state index in [0.29, 0.717) is 12.4 Å². The number of nitrogens with two attached hydrogens (primary N) is 2. The van der Waals surface area contributed by atoms with Crippen LogP contribution in [0, 0.1) is 0 Å². The standard InChI is InChI=1S/C14H20N4/c1-2-3-7-12-9-14(16)18(17-12)13-8-5-4-6-11(13)10-15/h4-6,8-9H,2-3,7,10,15-16H2,1H3. The lowest BCUT2D eigenvalue weighted by molar-refractivity contribution is 0.751. The van der Waals surface area contributed by atoms with Crippen molar-refractivity contribution in [1.29, 1.82) is 0 Å². The first-order chi connectivity index (χ1) is 8.76. The van der Waals surface area contributed by atoms with E-state index >= 15 is 0 Å². The Morgan fingerprint density at radius 2 is 2.06 bits per heavy atom. The van der Waals surface area contributed by atoms with Crippen LogP contribution in [-0.2, 0) is 13.0 Å². The van der Waals surface area contributed by atoms with Gasteiger partial charge >= 0.3 is 0 Å². The van der Waals surface area contributed by atoms with Crippen molar-refractivity contribution in [3.8, 4) is 5.69 Å². The third-order valence-corrected chi connectivity index (χ3v) is 3.01. The van der Waals surface area contributed by atoms with Crippen LogP contribution in [0.2, 0.25) is 0 Å². The van der Waals surface area contributed by atoms with Gasteiger partial charge < -0.3 is 11.5 Å². The molecule has 1 heterocycles. The summed E-state index contributed by atoms with van der Waals surface area (Å²) in [6.07, 6.45) is 3.26. The van der Waals surface area contributed by atoms with E-state index in [1.807, 2.05) is 30.3 Å². The molecule has 0 amide bonds. The third-order valence-electron chi connectivity index (χ3n) is 3.01. The zero-order chi connectivity index (χ0) is 13.0. The van der Waals surface area contributed by atoms with Crippen molar-refractivity contribution in [2.75, 3.05) is 5.73 Å². The van der Waals surface area contributed by atoms with Crippen LogP contribution < -0.4 is 11.5 Å². The Morgan fingerprint density at radius 3 is 2.78 bits per heavy atom. The lowest BCUT2D eigenvalue weighted by Gasteiger charge is -2.08. The zero-order valence-corrected chi connectivity index (χ0v) is 10.8. The monoisotopic (exact) mass is 244 g/mol. The minimum Gasteiger partial charge on any atom is -0.384 e. The summed E-state index contributed by atoms with van der Waals surface area (Å²) in [5.74, 6) is 0.669. The summed E-state index contributed by atoms with van der Waals surface area (Å²) in [7, 11) is 0. The molecule has 0 saturated heterocycles. The number of para-hydroxylation sites is 1. The molecule has 0 bridgehead atoms. The highest BCUT2D eigenvalue weighted by Gasteiger charge is 2.09. The second-order valence-electron chi connectivity index (χ2n) is 4.41. The predicted octanol–water partition coefficient (Wildman–Crippen LogP) is 2.26. The Hall–Kier alpha value is -1.81. The molecular weight excluding hydrogens is 224 g/mol. The first-order valence-electron chi connectivity index (χ1n) is 6.39. The second kappa shape index (κ2) is 5.69. The number of nitrogen functional groups attached to an aromatic ring is 1. The fraction of sp³-hybridized carbons (Fsp3) is 0.357. The Bertz CT molecular complexity index is 516. The highest BCUT2D eigenvalue weighted by Crippen LogP contribution is 2.19. The molecule has 0 aliphatic carbocycles. The summed E-state index contributed by atoms with van der Waals surface area (Å²) >= 11 is 0. The fourth-order valence-corrected chi connectivity index (χ4v) is 2.01. The van der Waals surface area contributed by atoms with Gasteiger partial charge in [0.2, 0.25) is 0 Å². The highest BCUT2D eigenvalue weighted by molar-refractivity contribution is 5.47. The molecule has 1 aromatic heterocycles. The number of aromatic nitrogens is 2. The van der Waals surface area contributed by atoms with Crippen LogP contribution in [-0.4, -0.2) is 9.78 Å². The van der Waals surface area contributed by atoms with Gasteiger partial charge in [0.15, 0.2) is 0 Å². The SMILES string of the molecule is CCCCc1cc(N)n(-c2ccccc2CN)n1. The molecule has 18 heavy (non-hydrogen) atoms. The van der Waals surface area contributed by atoms with Gasteiger partial charge in [-0.1, -0.05) is 31.5 Å². The van der Waals surface area contributed by atoms with Crippen LogP contribution in [0.15, 0.2) is 30.3 Å². The molecule has 0 fully saturated rings. The summed E-state index contributed by atoms with van der Waals surface area (Å²) < 4.78 is 1.78. The van der Waals surface area contributed by atoms with E-state index in [-0.39, 0.29) is 0 Å². The number of unbranched alkanes of at least 4 members (excludes halogenated alkanes) is 1. The van der Waals surface area contributed by atoms with Crippen molar-refractivity contribution in [1.82, 2.24) is 9.78 Å². The number of aryl methyl sites for hydroxylation is 1. The molecular formula is C14H20N4. The summed E-state index contributed by atoms with van der Waals surface area (Å²) in [6, 6.07) is 9.89. The van der Waals surface area contributed by atoms with Gasteiger partial charge in [0, 0.05) is 12.6 Å². The van der Waals surface area contributed by atoms with E-state index in [1.165, 1.54) is 0 Å². The molecule has 4 N–H and O–H groups in total. The molecule has 0 unspecified atom stereocenters. The summed E-state index contributed by atoms with van der Waals surface area (Å²) in [5, 5.41) is 4.56. The highest BCUT2D eigenvalue weighted by atomic mass is 15.3. The number of hydrogen-bond acceptors (Lipinski definition) is 3.